The minimum absolute atomic E-state index is 0.00370. The first-order chi connectivity index (χ1) is 15.2. The summed E-state index contributed by atoms with van der Waals surface area (Å²) in [6, 6.07) is 23.7. The predicted molar refractivity (Wildman–Crippen MR) is 119 cm³/mol. The third-order valence-corrected chi connectivity index (χ3v) is 5.65. The number of halogens is 1. The summed E-state index contributed by atoms with van der Waals surface area (Å²) < 4.78 is 25.6. The van der Waals surface area contributed by atoms with Crippen LogP contribution < -0.4 is 9.47 Å². The van der Waals surface area contributed by atoms with E-state index in [-0.39, 0.29) is 23.6 Å². The summed E-state index contributed by atoms with van der Waals surface area (Å²) in [6.45, 7) is 3.33. The molecule has 0 saturated carbocycles. The number of piperidine rings is 1. The number of ether oxygens (including phenoxy) is 2. The van der Waals surface area contributed by atoms with Crippen LogP contribution in [0.3, 0.4) is 0 Å². The SMILES string of the molecule is Oc1cccc(OCCCN2CCC(Oc3cccc(F)c3)C(c3ccccc3)C2)c1. The molecule has 1 N–H and O–H groups in total. The molecule has 0 radical (unpaired) electrons. The van der Waals surface area contributed by atoms with Crippen LogP contribution in [-0.4, -0.2) is 42.4 Å². The fourth-order valence-electron chi connectivity index (χ4n) is 4.13. The van der Waals surface area contributed by atoms with Gasteiger partial charge in [0.05, 0.1) is 6.61 Å². The summed E-state index contributed by atoms with van der Waals surface area (Å²) in [5.74, 6) is 1.41. The molecule has 4 rings (SSSR count). The first-order valence-electron chi connectivity index (χ1n) is 10.8. The summed E-state index contributed by atoms with van der Waals surface area (Å²) in [5, 5.41) is 9.54. The van der Waals surface area contributed by atoms with Gasteiger partial charge in [-0.05, 0) is 42.7 Å². The van der Waals surface area contributed by atoms with Gasteiger partial charge in [0.1, 0.15) is 29.2 Å². The highest BCUT2D eigenvalue weighted by atomic mass is 19.1. The molecule has 1 saturated heterocycles. The number of hydrogen-bond acceptors (Lipinski definition) is 4. The summed E-state index contributed by atoms with van der Waals surface area (Å²) >= 11 is 0. The van der Waals surface area contributed by atoms with Crippen LogP contribution in [0.5, 0.6) is 17.2 Å². The number of likely N-dealkylation sites (tertiary alicyclic amines) is 1. The molecule has 1 aliphatic rings. The van der Waals surface area contributed by atoms with Gasteiger partial charge in [0, 0.05) is 37.7 Å². The van der Waals surface area contributed by atoms with Crippen molar-refractivity contribution >= 4 is 0 Å². The van der Waals surface area contributed by atoms with Crippen molar-refractivity contribution in [2.75, 3.05) is 26.2 Å². The monoisotopic (exact) mass is 421 g/mol. The molecule has 0 aliphatic carbocycles. The molecule has 4 nitrogen and oxygen atoms in total. The average molecular weight is 422 g/mol. The van der Waals surface area contributed by atoms with Gasteiger partial charge in [0.25, 0.3) is 0 Å². The molecule has 1 aliphatic heterocycles. The second kappa shape index (κ2) is 10.3. The van der Waals surface area contributed by atoms with Crippen molar-refractivity contribution < 1.29 is 19.0 Å². The Morgan fingerprint density at radius 3 is 2.55 bits per heavy atom. The van der Waals surface area contributed by atoms with E-state index in [2.05, 4.69) is 29.2 Å². The van der Waals surface area contributed by atoms with Gasteiger partial charge in [-0.2, -0.15) is 0 Å². The van der Waals surface area contributed by atoms with E-state index < -0.39 is 0 Å². The van der Waals surface area contributed by atoms with Crippen LogP contribution in [0.15, 0.2) is 78.9 Å². The number of phenols is 1. The van der Waals surface area contributed by atoms with E-state index in [9.17, 15) is 9.50 Å². The fourth-order valence-corrected chi connectivity index (χ4v) is 4.13. The topological polar surface area (TPSA) is 41.9 Å². The maximum Gasteiger partial charge on any atom is 0.126 e. The minimum atomic E-state index is -0.280. The molecular weight excluding hydrogens is 393 g/mol. The Balaban J connectivity index is 1.35. The van der Waals surface area contributed by atoms with E-state index in [1.807, 2.05) is 18.2 Å². The van der Waals surface area contributed by atoms with Gasteiger partial charge < -0.3 is 19.5 Å². The van der Waals surface area contributed by atoms with Crippen molar-refractivity contribution in [3.05, 3.63) is 90.2 Å². The first-order valence-corrected chi connectivity index (χ1v) is 10.8. The molecule has 3 aromatic rings. The third-order valence-electron chi connectivity index (χ3n) is 5.65. The molecule has 1 heterocycles. The Labute approximate surface area is 182 Å². The Hall–Kier alpha value is -3.05. The van der Waals surface area contributed by atoms with Crippen LogP contribution >= 0.6 is 0 Å². The van der Waals surface area contributed by atoms with Crippen LogP contribution in [0.2, 0.25) is 0 Å². The lowest BCUT2D eigenvalue weighted by molar-refractivity contribution is 0.0748. The first kappa shape index (κ1) is 21.2. The molecule has 31 heavy (non-hydrogen) atoms. The molecule has 0 bridgehead atoms. The smallest absolute Gasteiger partial charge is 0.126 e. The van der Waals surface area contributed by atoms with E-state index in [0.29, 0.717) is 18.1 Å². The van der Waals surface area contributed by atoms with Gasteiger partial charge in [0.2, 0.25) is 0 Å². The molecule has 0 spiro atoms. The zero-order chi connectivity index (χ0) is 21.5. The van der Waals surface area contributed by atoms with E-state index in [4.69, 9.17) is 9.47 Å². The average Bonchev–Trinajstić information content (AvgIpc) is 2.78. The van der Waals surface area contributed by atoms with Crippen molar-refractivity contribution in [3.8, 4) is 17.2 Å². The Morgan fingerprint density at radius 1 is 0.935 bits per heavy atom. The van der Waals surface area contributed by atoms with Crippen LogP contribution in [-0.2, 0) is 0 Å². The van der Waals surface area contributed by atoms with Crippen molar-refractivity contribution in [1.29, 1.82) is 0 Å². The van der Waals surface area contributed by atoms with Gasteiger partial charge in [-0.3, -0.25) is 0 Å². The second-order valence-electron chi connectivity index (χ2n) is 7.92. The molecule has 1 fully saturated rings. The zero-order valence-electron chi connectivity index (χ0n) is 17.5. The third kappa shape index (κ3) is 5.98. The predicted octanol–water partition coefficient (Wildman–Crippen LogP) is 5.24. The second-order valence-corrected chi connectivity index (χ2v) is 7.92. The largest absolute Gasteiger partial charge is 0.508 e. The maximum absolute atomic E-state index is 13.6. The number of phenolic OH excluding ortho intramolecular Hbond substituents is 1. The van der Waals surface area contributed by atoms with Crippen molar-refractivity contribution in [2.45, 2.75) is 24.9 Å². The maximum atomic E-state index is 13.6. The number of aromatic hydroxyl groups is 1. The Morgan fingerprint density at radius 2 is 1.74 bits per heavy atom. The van der Waals surface area contributed by atoms with Crippen LogP contribution in [0, 0.1) is 5.82 Å². The van der Waals surface area contributed by atoms with Crippen molar-refractivity contribution in [3.63, 3.8) is 0 Å². The van der Waals surface area contributed by atoms with Crippen molar-refractivity contribution in [1.82, 2.24) is 4.90 Å². The highest BCUT2D eigenvalue weighted by molar-refractivity contribution is 5.31. The van der Waals surface area contributed by atoms with E-state index in [1.165, 1.54) is 17.7 Å². The highest BCUT2D eigenvalue weighted by Gasteiger charge is 2.31. The van der Waals surface area contributed by atoms with Gasteiger partial charge >= 0.3 is 0 Å². The summed E-state index contributed by atoms with van der Waals surface area (Å²) in [4.78, 5) is 2.44. The Bertz CT molecular complexity index is 964. The summed E-state index contributed by atoms with van der Waals surface area (Å²) in [7, 11) is 0. The summed E-state index contributed by atoms with van der Waals surface area (Å²) in [6.07, 6.45) is 1.78. The number of nitrogens with zero attached hydrogens (tertiary/aromatic N) is 1. The lowest BCUT2D eigenvalue weighted by Gasteiger charge is -2.39. The molecule has 2 unspecified atom stereocenters. The van der Waals surface area contributed by atoms with Gasteiger partial charge in [-0.1, -0.05) is 42.5 Å². The highest BCUT2D eigenvalue weighted by Crippen LogP contribution is 2.31. The van der Waals surface area contributed by atoms with Crippen LogP contribution in [0.4, 0.5) is 4.39 Å². The molecule has 0 aromatic heterocycles. The van der Waals surface area contributed by atoms with E-state index in [0.717, 1.165) is 32.5 Å². The molecular formula is C26H28FNO3. The minimum Gasteiger partial charge on any atom is -0.508 e. The quantitative estimate of drug-likeness (QED) is 0.505. The lowest BCUT2D eigenvalue weighted by atomic mass is 9.87. The molecule has 162 valence electrons. The van der Waals surface area contributed by atoms with Gasteiger partial charge in [0.15, 0.2) is 0 Å². The molecule has 5 heteroatoms. The van der Waals surface area contributed by atoms with E-state index >= 15 is 0 Å². The zero-order valence-corrected chi connectivity index (χ0v) is 17.5. The van der Waals surface area contributed by atoms with E-state index in [1.54, 1.807) is 24.3 Å². The number of benzene rings is 3. The molecule has 3 aromatic carbocycles. The Kier molecular flexibility index (Phi) is 7.05. The summed E-state index contributed by atoms with van der Waals surface area (Å²) in [5.41, 5.74) is 1.24. The van der Waals surface area contributed by atoms with Gasteiger partial charge in [-0.15, -0.1) is 0 Å². The normalized spacial score (nSPS) is 19.1. The fraction of sp³-hybridized carbons (Fsp3) is 0.308. The van der Waals surface area contributed by atoms with Crippen molar-refractivity contribution in [2.24, 2.45) is 0 Å². The molecule has 0 amide bonds. The van der Waals surface area contributed by atoms with Crippen LogP contribution in [0.25, 0.3) is 0 Å². The van der Waals surface area contributed by atoms with Crippen LogP contribution in [0.1, 0.15) is 24.3 Å². The number of hydrogen-bond donors (Lipinski definition) is 1. The molecule has 2 atom stereocenters. The lowest BCUT2D eigenvalue weighted by Crippen LogP contribution is -2.44. The standard InChI is InChI=1S/C26H28FNO3/c27-21-9-4-12-24(17-21)31-26-13-15-28(19-25(26)20-7-2-1-3-8-20)14-6-16-30-23-11-5-10-22(29)18-23/h1-5,7-12,17-18,25-26,29H,6,13-16,19H2. The van der Waals surface area contributed by atoms with Gasteiger partial charge in [-0.25, -0.2) is 4.39 Å². The number of rotatable bonds is 8.